The molecule has 0 aliphatic heterocycles. The van der Waals surface area contributed by atoms with Crippen molar-refractivity contribution in [3.63, 3.8) is 0 Å². The fourth-order valence-corrected chi connectivity index (χ4v) is 2.12. The van der Waals surface area contributed by atoms with E-state index in [0.29, 0.717) is 0 Å². The molecule has 0 heterocycles. The van der Waals surface area contributed by atoms with E-state index >= 15 is 0 Å². The van der Waals surface area contributed by atoms with Crippen LogP contribution in [-0.2, 0) is 13.0 Å². The first kappa shape index (κ1) is 14.6. The Morgan fingerprint density at radius 2 is 1.40 bits per heavy atom. The van der Waals surface area contributed by atoms with E-state index in [-0.39, 0.29) is 0 Å². The SMILES string of the molecule is CCCCc1ccc(Oc2ccc(CNC)cc2)cc1. The Kier molecular flexibility index (Phi) is 5.63. The Labute approximate surface area is 121 Å². The molecule has 2 aromatic carbocycles. The van der Waals surface area contributed by atoms with Gasteiger partial charge in [-0.2, -0.15) is 0 Å². The molecule has 1 N–H and O–H groups in total. The maximum absolute atomic E-state index is 5.85. The van der Waals surface area contributed by atoms with Crippen LogP contribution >= 0.6 is 0 Å². The molecule has 0 saturated heterocycles. The Balaban J connectivity index is 1.95. The third-order valence-electron chi connectivity index (χ3n) is 3.28. The van der Waals surface area contributed by atoms with Crippen LogP contribution in [-0.4, -0.2) is 7.05 Å². The summed E-state index contributed by atoms with van der Waals surface area (Å²) in [5.74, 6) is 1.78. The molecule has 0 aliphatic rings. The van der Waals surface area contributed by atoms with Crippen LogP contribution < -0.4 is 10.1 Å². The van der Waals surface area contributed by atoms with Gasteiger partial charge in [-0.1, -0.05) is 37.6 Å². The van der Waals surface area contributed by atoms with Crippen LogP contribution in [0.15, 0.2) is 48.5 Å². The lowest BCUT2D eigenvalue weighted by Gasteiger charge is -2.08. The second-order valence-electron chi connectivity index (χ2n) is 5.02. The molecule has 0 fully saturated rings. The number of hydrogen-bond acceptors (Lipinski definition) is 2. The van der Waals surface area contributed by atoms with Crippen LogP contribution in [0.1, 0.15) is 30.9 Å². The maximum atomic E-state index is 5.85. The molecular weight excluding hydrogens is 246 g/mol. The Hall–Kier alpha value is -1.80. The van der Waals surface area contributed by atoms with Crippen molar-refractivity contribution in [1.29, 1.82) is 0 Å². The van der Waals surface area contributed by atoms with Gasteiger partial charge in [0.1, 0.15) is 11.5 Å². The highest BCUT2D eigenvalue weighted by molar-refractivity contribution is 5.34. The van der Waals surface area contributed by atoms with Crippen molar-refractivity contribution in [3.05, 3.63) is 59.7 Å². The van der Waals surface area contributed by atoms with Crippen LogP contribution in [0, 0.1) is 0 Å². The monoisotopic (exact) mass is 269 g/mol. The average molecular weight is 269 g/mol. The molecule has 0 amide bonds. The Bertz CT molecular complexity index is 502. The maximum Gasteiger partial charge on any atom is 0.127 e. The molecule has 2 rings (SSSR count). The summed E-state index contributed by atoms with van der Waals surface area (Å²) in [6, 6.07) is 16.6. The van der Waals surface area contributed by atoms with Crippen LogP contribution in [0.4, 0.5) is 0 Å². The molecule has 2 heteroatoms. The predicted octanol–water partition coefficient (Wildman–Crippen LogP) is 4.54. The van der Waals surface area contributed by atoms with E-state index in [0.717, 1.165) is 24.5 Å². The minimum Gasteiger partial charge on any atom is -0.457 e. The highest BCUT2D eigenvalue weighted by atomic mass is 16.5. The van der Waals surface area contributed by atoms with E-state index < -0.39 is 0 Å². The van der Waals surface area contributed by atoms with E-state index in [2.05, 4.69) is 36.5 Å². The first-order valence-electron chi connectivity index (χ1n) is 7.32. The highest BCUT2D eigenvalue weighted by Crippen LogP contribution is 2.22. The van der Waals surface area contributed by atoms with Crippen molar-refractivity contribution < 1.29 is 4.74 Å². The van der Waals surface area contributed by atoms with Gasteiger partial charge in [0.05, 0.1) is 0 Å². The van der Waals surface area contributed by atoms with Gasteiger partial charge in [0.2, 0.25) is 0 Å². The average Bonchev–Trinajstić information content (AvgIpc) is 2.49. The Morgan fingerprint density at radius 1 is 0.850 bits per heavy atom. The number of nitrogens with one attached hydrogen (secondary N) is 1. The lowest BCUT2D eigenvalue weighted by molar-refractivity contribution is 0.482. The third kappa shape index (κ3) is 4.39. The van der Waals surface area contributed by atoms with Gasteiger partial charge in [0.25, 0.3) is 0 Å². The molecular formula is C18H23NO. The smallest absolute Gasteiger partial charge is 0.127 e. The minimum atomic E-state index is 0.881. The molecule has 20 heavy (non-hydrogen) atoms. The summed E-state index contributed by atoms with van der Waals surface area (Å²) < 4.78 is 5.85. The van der Waals surface area contributed by atoms with Gasteiger partial charge in [-0.15, -0.1) is 0 Å². The number of rotatable bonds is 7. The number of ether oxygens (including phenoxy) is 1. The standard InChI is InChI=1S/C18H23NO/c1-3-4-5-15-6-10-17(11-7-15)20-18-12-8-16(9-13-18)14-19-2/h6-13,19H,3-5,14H2,1-2H3. The third-order valence-corrected chi connectivity index (χ3v) is 3.28. The molecule has 2 nitrogen and oxygen atoms in total. The first-order valence-corrected chi connectivity index (χ1v) is 7.32. The zero-order valence-corrected chi connectivity index (χ0v) is 12.4. The second kappa shape index (κ2) is 7.71. The van der Waals surface area contributed by atoms with Crippen LogP contribution in [0.2, 0.25) is 0 Å². The molecule has 0 radical (unpaired) electrons. The Morgan fingerprint density at radius 3 is 1.90 bits per heavy atom. The number of benzene rings is 2. The number of hydrogen-bond donors (Lipinski definition) is 1. The summed E-state index contributed by atoms with van der Waals surface area (Å²) >= 11 is 0. The van der Waals surface area contributed by atoms with Crippen molar-refractivity contribution in [2.75, 3.05) is 7.05 Å². The molecule has 0 bridgehead atoms. The second-order valence-corrected chi connectivity index (χ2v) is 5.02. The van der Waals surface area contributed by atoms with Gasteiger partial charge in [0.15, 0.2) is 0 Å². The minimum absolute atomic E-state index is 0.881. The van der Waals surface area contributed by atoms with Gasteiger partial charge in [-0.3, -0.25) is 0 Å². The van der Waals surface area contributed by atoms with E-state index in [4.69, 9.17) is 4.74 Å². The van der Waals surface area contributed by atoms with Crippen LogP contribution in [0.5, 0.6) is 11.5 Å². The van der Waals surface area contributed by atoms with Crippen molar-refractivity contribution in [2.45, 2.75) is 32.7 Å². The summed E-state index contributed by atoms with van der Waals surface area (Å²) in [4.78, 5) is 0. The number of aryl methyl sites for hydroxylation is 1. The molecule has 0 unspecified atom stereocenters. The summed E-state index contributed by atoms with van der Waals surface area (Å²) in [7, 11) is 1.95. The van der Waals surface area contributed by atoms with E-state index in [1.807, 2.05) is 31.3 Å². The first-order chi connectivity index (χ1) is 9.81. The molecule has 0 aliphatic carbocycles. The van der Waals surface area contributed by atoms with Gasteiger partial charge < -0.3 is 10.1 Å². The van der Waals surface area contributed by atoms with Crippen LogP contribution in [0.3, 0.4) is 0 Å². The van der Waals surface area contributed by atoms with Crippen molar-refractivity contribution in [3.8, 4) is 11.5 Å². The van der Waals surface area contributed by atoms with Gasteiger partial charge >= 0.3 is 0 Å². The molecule has 0 aromatic heterocycles. The fourth-order valence-electron chi connectivity index (χ4n) is 2.12. The lowest BCUT2D eigenvalue weighted by atomic mass is 10.1. The zero-order valence-electron chi connectivity index (χ0n) is 12.4. The zero-order chi connectivity index (χ0) is 14.2. The van der Waals surface area contributed by atoms with Gasteiger partial charge in [-0.25, -0.2) is 0 Å². The topological polar surface area (TPSA) is 21.3 Å². The largest absolute Gasteiger partial charge is 0.457 e. The van der Waals surface area contributed by atoms with E-state index in [1.54, 1.807) is 0 Å². The predicted molar refractivity (Wildman–Crippen MR) is 84.3 cm³/mol. The lowest BCUT2D eigenvalue weighted by Crippen LogP contribution is -2.04. The molecule has 0 saturated carbocycles. The fraction of sp³-hybridized carbons (Fsp3) is 0.333. The van der Waals surface area contributed by atoms with E-state index in [9.17, 15) is 0 Å². The molecule has 0 atom stereocenters. The summed E-state index contributed by atoms with van der Waals surface area (Å²) in [5.41, 5.74) is 2.64. The van der Waals surface area contributed by atoms with Crippen molar-refractivity contribution in [2.24, 2.45) is 0 Å². The van der Waals surface area contributed by atoms with E-state index in [1.165, 1.54) is 24.0 Å². The quantitative estimate of drug-likeness (QED) is 0.796. The summed E-state index contributed by atoms with van der Waals surface area (Å²) in [6.07, 6.45) is 3.62. The molecule has 2 aromatic rings. The number of unbranched alkanes of at least 4 members (excludes halogenated alkanes) is 1. The summed E-state index contributed by atoms with van der Waals surface area (Å²) in [6.45, 7) is 3.10. The van der Waals surface area contributed by atoms with Crippen LogP contribution in [0.25, 0.3) is 0 Å². The molecule has 0 spiro atoms. The molecule has 106 valence electrons. The van der Waals surface area contributed by atoms with Gasteiger partial charge in [0, 0.05) is 6.54 Å². The summed E-state index contributed by atoms with van der Waals surface area (Å²) in [5, 5.41) is 3.14. The van der Waals surface area contributed by atoms with Crippen molar-refractivity contribution >= 4 is 0 Å². The van der Waals surface area contributed by atoms with Gasteiger partial charge in [-0.05, 0) is 55.3 Å². The highest BCUT2D eigenvalue weighted by Gasteiger charge is 1.99. The normalized spacial score (nSPS) is 10.5. The van der Waals surface area contributed by atoms with Crippen molar-refractivity contribution in [1.82, 2.24) is 5.32 Å².